The SMILES string of the molecule is Cc1cc(C)c2c(C#N)c(SCC(=O)c3ccccc3)c(C#N)n2c1. The highest BCUT2D eigenvalue weighted by Gasteiger charge is 2.21. The van der Waals surface area contributed by atoms with E-state index in [2.05, 4.69) is 12.1 Å². The van der Waals surface area contributed by atoms with Crippen molar-refractivity contribution in [2.24, 2.45) is 0 Å². The number of rotatable bonds is 4. The number of thioether (sulfide) groups is 1. The van der Waals surface area contributed by atoms with Gasteiger partial charge in [0.05, 0.1) is 21.7 Å². The summed E-state index contributed by atoms with van der Waals surface area (Å²) in [7, 11) is 0. The van der Waals surface area contributed by atoms with E-state index in [0.29, 0.717) is 21.7 Å². The molecular formula is C20H15N3OS. The van der Waals surface area contributed by atoms with E-state index in [1.807, 2.05) is 44.3 Å². The van der Waals surface area contributed by atoms with E-state index in [1.54, 1.807) is 16.5 Å². The summed E-state index contributed by atoms with van der Waals surface area (Å²) in [4.78, 5) is 12.9. The average molecular weight is 345 g/mol. The van der Waals surface area contributed by atoms with Gasteiger partial charge in [-0.2, -0.15) is 10.5 Å². The molecular weight excluding hydrogens is 330 g/mol. The summed E-state index contributed by atoms with van der Waals surface area (Å²) >= 11 is 1.25. The topological polar surface area (TPSA) is 69.1 Å². The van der Waals surface area contributed by atoms with E-state index < -0.39 is 0 Å². The maximum atomic E-state index is 12.4. The van der Waals surface area contributed by atoms with Crippen molar-refractivity contribution in [3.05, 3.63) is 70.5 Å². The van der Waals surface area contributed by atoms with E-state index >= 15 is 0 Å². The Morgan fingerprint density at radius 3 is 2.52 bits per heavy atom. The Labute approximate surface area is 150 Å². The van der Waals surface area contributed by atoms with Gasteiger partial charge in [-0.3, -0.25) is 4.79 Å². The lowest BCUT2D eigenvalue weighted by atomic mass is 10.1. The molecule has 25 heavy (non-hydrogen) atoms. The first kappa shape index (κ1) is 16.8. The lowest BCUT2D eigenvalue weighted by molar-refractivity contribution is 0.102. The largest absolute Gasteiger partial charge is 0.305 e. The molecule has 0 saturated heterocycles. The highest BCUT2D eigenvalue weighted by Crippen LogP contribution is 2.34. The lowest BCUT2D eigenvalue weighted by Crippen LogP contribution is -2.02. The zero-order valence-corrected chi connectivity index (χ0v) is 14.7. The second-order valence-electron chi connectivity index (χ2n) is 5.77. The van der Waals surface area contributed by atoms with Gasteiger partial charge in [0.25, 0.3) is 0 Å². The minimum Gasteiger partial charge on any atom is -0.305 e. The van der Waals surface area contributed by atoms with Gasteiger partial charge >= 0.3 is 0 Å². The van der Waals surface area contributed by atoms with Crippen molar-refractivity contribution in [2.75, 3.05) is 5.75 Å². The third kappa shape index (κ3) is 3.03. The normalized spacial score (nSPS) is 10.4. The van der Waals surface area contributed by atoms with Crippen LogP contribution in [0.5, 0.6) is 0 Å². The Hall–Kier alpha value is -3.02. The fourth-order valence-electron chi connectivity index (χ4n) is 2.93. The Kier molecular flexibility index (Phi) is 4.61. The molecule has 0 amide bonds. The van der Waals surface area contributed by atoms with Crippen LogP contribution in [0.25, 0.3) is 5.52 Å². The zero-order chi connectivity index (χ0) is 18.0. The molecule has 0 aliphatic heterocycles. The van der Waals surface area contributed by atoms with Gasteiger partial charge in [0.2, 0.25) is 0 Å². The zero-order valence-electron chi connectivity index (χ0n) is 13.9. The molecule has 4 nitrogen and oxygen atoms in total. The van der Waals surface area contributed by atoms with Crippen molar-refractivity contribution >= 4 is 23.1 Å². The van der Waals surface area contributed by atoms with Crippen LogP contribution >= 0.6 is 11.8 Å². The molecule has 122 valence electrons. The number of ketones is 1. The monoisotopic (exact) mass is 345 g/mol. The van der Waals surface area contributed by atoms with Crippen LogP contribution in [-0.2, 0) is 0 Å². The maximum Gasteiger partial charge on any atom is 0.173 e. The number of hydrogen-bond acceptors (Lipinski definition) is 4. The van der Waals surface area contributed by atoms with Crippen molar-refractivity contribution in [3.8, 4) is 12.1 Å². The summed E-state index contributed by atoms with van der Waals surface area (Å²) in [5.41, 5.74) is 4.18. The summed E-state index contributed by atoms with van der Waals surface area (Å²) in [6.45, 7) is 3.87. The summed E-state index contributed by atoms with van der Waals surface area (Å²) in [6, 6.07) is 15.4. The molecule has 1 aromatic carbocycles. The lowest BCUT2D eigenvalue weighted by Gasteiger charge is -2.02. The molecule has 0 N–H and O–H groups in total. The van der Waals surface area contributed by atoms with Crippen LogP contribution < -0.4 is 0 Å². The van der Waals surface area contributed by atoms with Crippen LogP contribution in [0.1, 0.15) is 32.7 Å². The van der Waals surface area contributed by atoms with E-state index in [1.165, 1.54) is 11.8 Å². The number of nitriles is 2. The number of aryl methyl sites for hydroxylation is 2. The van der Waals surface area contributed by atoms with Gasteiger partial charge in [0, 0.05) is 11.8 Å². The molecule has 0 unspecified atom stereocenters. The van der Waals surface area contributed by atoms with Gasteiger partial charge < -0.3 is 4.40 Å². The fraction of sp³-hybridized carbons (Fsp3) is 0.150. The van der Waals surface area contributed by atoms with Gasteiger partial charge in [-0.1, -0.05) is 36.4 Å². The van der Waals surface area contributed by atoms with E-state index in [4.69, 9.17) is 0 Å². The third-order valence-corrected chi connectivity index (χ3v) is 5.06. The molecule has 3 aromatic rings. The second-order valence-corrected chi connectivity index (χ2v) is 6.76. The van der Waals surface area contributed by atoms with Crippen molar-refractivity contribution in [2.45, 2.75) is 18.7 Å². The first-order valence-electron chi connectivity index (χ1n) is 7.73. The number of Topliss-reactive ketones (excluding diaryl/α,β-unsaturated/α-hetero) is 1. The highest BCUT2D eigenvalue weighted by molar-refractivity contribution is 8.00. The number of carbonyl (C=O) groups excluding carboxylic acids is 1. The predicted octanol–water partition coefficient (Wildman–Crippen LogP) is 4.27. The average Bonchev–Trinajstić information content (AvgIpc) is 2.92. The van der Waals surface area contributed by atoms with Crippen molar-refractivity contribution in [1.29, 1.82) is 10.5 Å². The van der Waals surface area contributed by atoms with Crippen LogP contribution in [0, 0.1) is 36.5 Å². The summed E-state index contributed by atoms with van der Waals surface area (Å²) < 4.78 is 1.76. The molecule has 0 radical (unpaired) electrons. The van der Waals surface area contributed by atoms with Crippen LogP contribution in [-0.4, -0.2) is 15.9 Å². The first-order chi connectivity index (χ1) is 12.1. The molecule has 3 rings (SSSR count). The summed E-state index contributed by atoms with van der Waals surface area (Å²) in [5, 5.41) is 19.2. The van der Waals surface area contributed by atoms with Gasteiger partial charge in [-0.05, 0) is 25.0 Å². The Morgan fingerprint density at radius 2 is 1.88 bits per heavy atom. The number of aromatic nitrogens is 1. The van der Waals surface area contributed by atoms with Crippen LogP contribution in [0.2, 0.25) is 0 Å². The van der Waals surface area contributed by atoms with Crippen molar-refractivity contribution in [3.63, 3.8) is 0 Å². The van der Waals surface area contributed by atoms with Gasteiger partial charge in [0.1, 0.15) is 17.8 Å². The van der Waals surface area contributed by atoms with Crippen LogP contribution in [0.15, 0.2) is 47.5 Å². The molecule has 0 bridgehead atoms. The Balaban J connectivity index is 2.05. The molecule has 0 atom stereocenters. The second kappa shape index (κ2) is 6.84. The maximum absolute atomic E-state index is 12.4. The predicted molar refractivity (Wildman–Crippen MR) is 97.8 cm³/mol. The smallest absolute Gasteiger partial charge is 0.173 e. The van der Waals surface area contributed by atoms with Crippen molar-refractivity contribution < 1.29 is 4.79 Å². The van der Waals surface area contributed by atoms with E-state index in [9.17, 15) is 15.3 Å². The molecule has 0 saturated carbocycles. The third-order valence-electron chi connectivity index (χ3n) is 3.97. The number of hydrogen-bond donors (Lipinski definition) is 0. The minimum atomic E-state index is -0.0264. The Morgan fingerprint density at radius 1 is 1.16 bits per heavy atom. The fourth-order valence-corrected chi connectivity index (χ4v) is 3.94. The minimum absolute atomic E-state index is 0.0264. The molecule has 2 heterocycles. The molecule has 0 spiro atoms. The quantitative estimate of drug-likeness (QED) is 0.523. The standard InChI is InChI=1S/C20H15N3OS/c1-13-8-14(2)19-16(9-21)20(17(10-22)23(19)11-13)25-12-18(24)15-6-4-3-5-7-15/h3-8,11H,12H2,1-2H3. The van der Waals surface area contributed by atoms with E-state index in [-0.39, 0.29) is 11.5 Å². The van der Waals surface area contributed by atoms with Crippen LogP contribution in [0.3, 0.4) is 0 Å². The molecule has 0 aliphatic carbocycles. The highest BCUT2D eigenvalue weighted by atomic mass is 32.2. The first-order valence-corrected chi connectivity index (χ1v) is 8.72. The van der Waals surface area contributed by atoms with Gasteiger partial charge in [-0.15, -0.1) is 11.8 Å². The number of carbonyl (C=O) groups is 1. The number of benzene rings is 1. The molecule has 5 heteroatoms. The summed E-state index contributed by atoms with van der Waals surface area (Å²) in [5.74, 6) is 0.156. The van der Waals surface area contributed by atoms with E-state index in [0.717, 1.165) is 16.6 Å². The number of fused-ring (bicyclic) bond motifs is 1. The molecule has 0 fully saturated rings. The molecule has 2 aromatic heterocycles. The van der Waals surface area contributed by atoms with Gasteiger partial charge in [-0.25, -0.2) is 0 Å². The van der Waals surface area contributed by atoms with Crippen molar-refractivity contribution in [1.82, 2.24) is 4.40 Å². The van der Waals surface area contributed by atoms with Gasteiger partial charge in [0.15, 0.2) is 5.78 Å². The molecule has 0 aliphatic rings. The number of nitrogens with zero attached hydrogens (tertiary/aromatic N) is 3. The van der Waals surface area contributed by atoms with Crippen LogP contribution in [0.4, 0.5) is 0 Å². The number of pyridine rings is 1. The summed E-state index contributed by atoms with van der Waals surface area (Å²) in [6.07, 6.45) is 1.85. The Bertz CT molecular complexity index is 1050.